The van der Waals surface area contributed by atoms with Crippen LogP contribution < -0.4 is 5.32 Å². The Hall–Kier alpha value is -1.08. The van der Waals surface area contributed by atoms with Gasteiger partial charge in [0.1, 0.15) is 0 Å². The van der Waals surface area contributed by atoms with Gasteiger partial charge in [-0.15, -0.1) is 13.2 Å². The highest BCUT2D eigenvalue weighted by Gasteiger charge is 2.17. The predicted molar refractivity (Wildman–Crippen MR) is 63.2 cm³/mol. The van der Waals surface area contributed by atoms with Crippen LogP contribution in [0.3, 0.4) is 0 Å². The first kappa shape index (κ1) is 11.0. The number of rotatable bonds is 5. The van der Waals surface area contributed by atoms with Gasteiger partial charge in [-0.3, -0.25) is 0 Å². The van der Waals surface area contributed by atoms with E-state index in [0.717, 1.165) is 19.3 Å². The molecule has 1 aliphatic heterocycles. The fourth-order valence-electron chi connectivity index (χ4n) is 1.84. The molecule has 0 saturated heterocycles. The van der Waals surface area contributed by atoms with Gasteiger partial charge in [-0.25, -0.2) is 0 Å². The van der Waals surface area contributed by atoms with Crippen LogP contribution in [0.15, 0.2) is 49.6 Å². The molecule has 76 valence electrons. The number of nitrogens with one attached hydrogen (secondary N) is 1. The fourth-order valence-corrected chi connectivity index (χ4v) is 1.84. The van der Waals surface area contributed by atoms with E-state index in [-0.39, 0.29) is 0 Å². The molecule has 2 atom stereocenters. The largest absolute Gasteiger partial charge is 0.307 e. The van der Waals surface area contributed by atoms with Crippen molar-refractivity contribution in [1.29, 1.82) is 0 Å². The van der Waals surface area contributed by atoms with Gasteiger partial charge >= 0.3 is 0 Å². The molecule has 14 heavy (non-hydrogen) atoms. The van der Waals surface area contributed by atoms with Crippen molar-refractivity contribution in [3.05, 3.63) is 49.6 Å². The Bertz CT molecular complexity index is 250. The van der Waals surface area contributed by atoms with Crippen LogP contribution in [0.25, 0.3) is 0 Å². The van der Waals surface area contributed by atoms with Gasteiger partial charge in [0.15, 0.2) is 0 Å². The van der Waals surface area contributed by atoms with Gasteiger partial charge < -0.3 is 5.32 Å². The smallest absolute Gasteiger partial charge is 0.0292 e. The van der Waals surface area contributed by atoms with Gasteiger partial charge in [0.25, 0.3) is 0 Å². The maximum absolute atomic E-state index is 3.83. The van der Waals surface area contributed by atoms with E-state index in [0.29, 0.717) is 12.1 Å². The zero-order valence-electron chi connectivity index (χ0n) is 8.71. The lowest BCUT2D eigenvalue weighted by Crippen LogP contribution is -2.40. The highest BCUT2D eigenvalue weighted by atomic mass is 15.0. The van der Waals surface area contributed by atoms with E-state index in [4.69, 9.17) is 0 Å². The highest BCUT2D eigenvalue weighted by molar-refractivity contribution is 5.23. The Morgan fingerprint density at radius 2 is 2.00 bits per heavy atom. The minimum atomic E-state index is 0.416. The topological polar surface area (TPSA) is 12.0 Å². The lowest BCUT2D eigenvalue weighted by Gasteiger charge is -2.28. The molecule has 0 radical (unpaired) electrons. The van der Waals surface area contributed by atoms with E-state index in [1.165, 1.54) is 5.57 Å². The molecule has 0 aromatic carbocycles. The van der Waals surface area contributed by atoms with E-state index in [9.17, 15) is 0 Å². The monoisotopic (exact) mass is 189 g/mol. The van der Waals surface area contributed by atoms with Crippen molar-refractivity contribution in [2.75, 3.05) is 0 Å². The van der Waals surface area contributed by atoms with E-state index < -0.39 is 0 Å². The Morgan fingerprint density at radius 3 is 2.57 bits per heavy atom. The molecule has 1 heteroatoms. The molecule has 0 bridgehead atoms. The van der Waals surface area contributed by atoms with Crippen LogP contribution in [-0.2, 0) is 0 Å². The standard InChI is InChI=1S/C13H19N/c1-4-7-12-9-11(6-3)10-13(14-12)8-5-2/h4-6,9,12-14H,1-3,7-8,10H2/t12-,13+/m0/s1. The maximum Gasteiger partial charge on any atom is 0.0292 e. The molecule has 0 unspecified atom stereocenters. The lowest BCUT2D eigenvalue weighted by atomic mass is 9.94. The van der Waals surface area contributed by atoms with Crippen LogP contribution in [0.2, 0.25) is 0 Å². The van der Waals surface area contributed by atoms with Crippen molar-refractivity contribution >= 4 is 0 Å². The third-order valence-electron chi connectivity index (χ3n) is 2.48. The first-order valence-corrected chi connectivity index (χ1v) is 5.11. The van der Waals surface area contributed by atoms with Gasteiger partial charge in [0.05, 0.1) is 0 Å². The summed E-state index contributed by atoms with van der Waals surface area (Å²) < 4.78 is 0. The van der Waals surface area contributed by atoms with E-state index in [1.807, 2.05) is 18.2 Å². The van der Waals surface area contributed by atoms with Crippen LogP contribution in [0.4, 0.5) is 0 Å². The average Bonchev–Trinajstić information content (AvgIpc) is 2.18. The first-order chi connectivity index (χ1) is 6.80. The SMILES string of the molecule is C=CC[C@@H]1CC(C=C)=C[C@H](CC=C)N1. The normalized spacial score (nSPS) is 26.4. The molecular weight excluding hydrogens is 170 g/mol. The van der Waals surface area contributed by atoms with Gasteiger partial charge in [0.2, 0.25) is 0 Å². The zero-order valence-corrected chi connectivity index (χ0v) is 8.71. The summed E-state index contributed by atoms with van der Waals surface area (Å²) in [6.07, 6.45) is 11.2. The quantitative estimate of drug-likeness (QED) is 0.656. The summed E-state index contributed by atoms with van der Waals surface area (Å²) in [7, 11) is 0. The van der Waals surface area contributed by atoms with Crippen molar-refractivity contribution in [2.45, 2.75) is 31.3 Å². The van der Waals surface area contributed by atoms with Crippen molar-refractivity contribution in [1.82, 2.24) is 5.32 Å². The summed E-state index contributed by atoms with van der Waals surface area (Å²) in [5.41, 5.74) is 1.34. The van der Waals surface area contributed by atoms with Gasteiger partial charge in [-0.2, -0.15) is 0 Å². The lowest BCUT2D eigenvalue weighted by molar-refractivity contribution is 0.448. The van der Waals surface area contributed by atoms with Crippen molar-refractivity contribution in [3.63, 3.8) is 0 Å². The van der Waals surface area contributed by atoms with Crippen LogP contribution in [0.1, 0.15) is 19.3 Å². The molecule has 0 aromatic rings. The van der Waals surface area contributed by atoms with Crippen molar-refractivity contribution < 1.29 is 0 Å². The predicted octanol–water partition coefficient (Wildman–Crippen LogP) is 2.98. The molecule has 0 spiro atoms. The fraction of sp³-hybridized carbons (Fsp3) is 0.385. The Balaban J connectivity index is 2.64. The van der Waals surface area contributed by atoms with E-state index in [2.05, 4.69) is 31.1 Å². The maximum atomic E-state index is 3.83. The summed E-state index contributed by atoms with van der Waals surface area (Å²) in [6.45, 7) is 11.4. The van der Waals surface area contributed by atoms with Crippen molar-refractivity contribution in [2.24, 2.45) is 0 Å². The molecule has 0 aliphatic carbocycles. The summed E-state index contributed by atoms with van der Waals surface area (Å²) in [5.74, 6) is 0. The molecule has 1 aliphatic rings. The number of allylic oxidation sites excluding steroid dienone is 1. The van der Waals surface area contributed by atoms with Gasteiger partial charge in [-0.1, -0.05) is 30.9 Å². The Morgan fingerprint density at radius 1 is 1.29 bits per heavy atom. The molecule has 1 nitrogen and oxygen atoms in total. The van der Waals surface area contributed by atoms with E-state index in [1.54, 1.807) is 0 Å². The van der Waals surface area contributed by atoms with Crippen molar-refractivity contribution in [3.8, 4) is 0 Å². The average molecular weight is 189 g/mol. The molecular formula is C13H19N. The summed E-state index contributed by atoms with van der Waals surface area (Å²) in [5, 5.41) is 3.55. The zero-order chi connectivity index (χ0) is 10.4. The highest BCUT2D eigenvalue weighted by Crippen LogP contribution is 2.18. The third-order valence-corrected chi connectivity index (χ3v) is 2.48. The third kappa shape index (κ3) is 3.00. The molecule has 1 N–H and O–H groups in total. The minimum absolute atomic E-state index is 0.416. The Labute approximate surface area is 86.9 Å². The van der Waals surface area contributed by atoms with Crippen LogP contribution in [0.5, 0.6) is 0 Å². The molecule has 0 amide bonds. The van der Waals surface area contributed by atoms with Crippen LogP contribution in [-0.4, -0.2) is 12.1 Å². The summed E-state index contributed by atoms with van der Waals surface area (Å²) in [6, 6.07) is 0.926. The van der Waals surface area contributed by atoms with Crippen LogP contribution >= 0.6 is 0 Å². The molecule has 0 aromatic heterocycles. The second kappa shape index (κ2) is 5.61. The van der Waals surface area contributed by atoms with Gasteiger partial charge in [-0.05, 0) is 24.8 Å². The van der Waals surface area contributed by atoms with E-state index >= 15 is 0 Å². The Kier molecular flexibility index (Phi) is 4.41. The number of hydrogen-bond donors (Lipinski definition) is 1. The second-order valence-corrected chi connectivity index (χ2v) is 3.67. The minimum Gasteiger partial charge on any atom is -0.307 e. The number of hydrogen-bond acceptors (Lipinski definition) is 1. The molecule has 0 fully saturated rings. The summed E-state index contributed by atoms with van der Waals surface area (Å²) in [4.78, 5) is 0. The second-order valence-electron chi connectivity index (χ2n) is 3.67. The first-order valence-electron chi connectivity index (χ1n) is 5.11. The summed E-state index contributed by atoms with van der Waals surface area (Å²) >= 11 is 0. The van der Waals surface area contributed by atoms with Gasteiger partial charge in [0, 0.05) is 12.1 Å². The molecule has 1 heterocycles. The van der Waals surface area contributed by atoms with Crippen LogP contribution in [0, 0.1) is 0 Å². The molecule has 1 rings (SSSR count). The molecule has 0 saturated carbocycles.